The van der Waals surface area contributed by atoms with E-state index in [9.17, 15) is 9.18 Å². The molecule has 0 saturated carbocycles. The Balaban J connectivity index is 1.54. The Hall–Kier alpha value is -4.12. The van der Waals surface area contributed by atoms with Crippen LogP contribution in [0.3, 0.4) is 0 Å². The van der Waals surface area contributed by atoms with Gasteiger partial charge in [0.05, 0.1) is 20.3 Å². The summed E-state index contributed by atoms with van der Waals surface area (Å²) in [5.41, 5.74) is 5.64. The first-order valence-electron chi connectivity index (χ1n) is 11.6. The molecule has 4 aromatic rings. The number of ether oxygens (including phenoxy) is 2. The zero-order valence-corrected chi connectivity index (χ0v) is 19.7. The molecule has 4 nitrogen and oxygen atoms in total. The predicted octanol–water partition coefficient (Wildman–Crippen LogP) is 6.30. The number of benzene rings is 4. The van der Waals surface area contributed by atoms with Gasteiger partial charge in [0.1, 0.15) is 5.82 Å². The molecule has 0 aromatic heterocycles. The zero-order valence-electron chi connectivity index (χ0n) is 19.7. The highest BCUT2D eigenvalue weighted by Gasteiger charge is 2.34. The summed E-state index contributed by atoms with van der Waals surface area (Å²) in [5, 5.41) is 0. The van der Waals surface area contributed by atoms with Gasteiger partial charge in [-0.1, -0.05) is 54.6 Å². The number of hydrogen-bond acceptors (Lipinski definition) is 3. The van der Waals surface area contributed by atoms with Gasteiger partial charge in [0.15, 0.2) is 11.5 Å². The van der Waals surface area contributed by atoms with E-state index in [-0.39, 0.29) is 17.8 Å². The molecule has 0 spiro atoms. The van der Waals surface area contributed by atoms with Gasteiger partial charge in [-0.15, -0.1) is 0 Å². The summed E-state index contributed by atoms with van der Waals surface area (Å²) < 4.78 is 24.8. The first-order valence-corrected chi connectivity index (χ1v) is 11.6. The van der Waals surface area contributed by atoms with E-state index < -0.39 is 0 Å². The highest BCUT2D eigenvalue weighted by molar-refractivity contribution is 5.95. The van der Waals surface area contributed by atoms with Gasteiger partial charge in [0.25, 0.3) is 5.91 Å². The number of hydrogen-bond donors (Lipinski definition) is 0. The lowest BCUT2D eigenvalue weighted by Crippen LogP contribution is -2.40. The van der Waals surface area contributed by atoms with Crippen molar-refractivity contribution in [1.82, 2.24) is 4.90 Å². The summed E-state index contributed by atoms with van der Waals surface area (Å²) in [6, 6.07) is 27.6. The quantitative estimate of drug-likeness (QED) is 0.346. The lowest BCUT2D eigenvalue weighted by Gasteiger charge is -2.38. The molecule has 1 aliphatic heterocycles. The van der Waals surface area contributed by atoms with Crippen molar-refractivity contribution in [2.75, 3.05) is 20.8 Å². The van der Waals surface area contributed by atoms with Crippen molar-refractivity contribution in [1.29, 1.82) is 0 Å². The van der Waals surface area contributed by atoms with Crippen LogP contribution in [0.15, 0.2) is 91.0 Å². The summed E-state index contributed by atoms with van der Waals surface area (Å²) in [6.07, 6.45) is 0.682. The number of nitrogens with zero attached hydrogens (tertiary/aromatic N) is 1. The first-order chi connectivity index (χ1) is 17.1. The van der Waals surface area contributed by atoms with Gasteiger partial charge >= 0.3 is 0 Å². The molecule has 0 fully saturated rings. The van der Waals surface area contributed by atoms with E-state index in [1.165, 1.54) is 12.1 Å². The number of fused-ring (bicyclic) bond motifs is 1. The number of halogens is 1. The second-order valence-electron chi connectivity index (χ2n) is 8.55. The van der Waals surface area contributed by atoms with Gasteiger partial charge < -0.3 is 14.4 Å². The van der Waals surface area contributed by atoms with Crippen LogP contribution in [0.5, 0.6) is 11.5 Å². The van der Waals surface area contributed by atoms with Gasteiger partial charge in [-0.2, -0.15) is 0 Å². The molecule has 1 unspecified atom stereocenters. The molecule has 5 rings (SSSR count). The highest BCUT2D eigenvalue weighted by atomic mass is 19.1. The monoisotopic (exact) mass is 467 g/mol. The smallest absolute Gasteiger partial charge is 0.254 e. The van der Waals surface area contributed by atoms with Crippen LogP contribution in [-0.4, -0.2) is 31.6 Å². The molecule has 1 amide bonds. The number of carbonyl (C=O) groups is 1. The summed E-state index contributed by atoms with van der Waals surface area (Å²) in [5.74, 6) is 0.867. The topological polar surface area (TPSA) is 38.8 Å². The van der Waals surface area contributed by atoms with E-state index in [0.717, 1.165) is 27.8 Å². The van der Waals surface area contributed by atoms with Crippen LogP contribution in [0, 0.1) is 5.82 Å². The maximum Gasteiger partial charge on any atom is 0.254 e. The van der Waals surface area contributed by atoms with E-state index in [2.05, 4.69) is 0 Å². The molecule has 35 heavy (non-hydrogen) atoms. The van der Waals surface area contributed by atoms with E-state index in [1.54, 1.807) is 26.4 Å². The van der Waals surface area contributed by atoms with Crippen LogP contribution < -0.4 is 9.47 Å². The van der Waals surface area contributed by atoms with Crippen molar-refractivity contribution in [3.8, 4) is 22.6 Å². The van der Waals surface area contributed by atoms with Crippen LogP contribution in [0.1, 0.15) is 33.1 Å². The Morgan fingerprint density at radius 1 is 0.829 bits per heavy atom. The zero-order chi connectivity index (χ0) is 24.4. The average Bonchev–Trinajstić information content (AvgIpc) is 2.92. The van der Waals surface area contributed by atoms with Crippen molar-refractivity contribution in [3.05, 3.63) is 119 Å². The Morgan fingerprint density at radius 3 is 2.11 bits per heavy atom. The largest absolute Gasteiger partial charge is 0.493 e. The average molecular weight is 468 g/mol. The second kappa shape index (κ2) is 9.63. The number of methoxy groups -OCH3 is 2. The Bertz CT molecular complexity index is 1330. The van der Waals surface area contributed by atoms with Gasteiger partial charge in [-0.3, -0.25) is 4.79 Å². The van der Waals surface area contributed by atoms with Crippen LogP contribution in [-0.2, 0) is 6.42 Å². The molecule has 0 aliphatic carbocycles. The second-order valence-corrected chi connectivity index (χ2v) is 8.55. The maximum atomic E-state index is 13.8. The first kappa shape index (κ1) is 22.7. The number of carbonyl (C=O) groups excluding carboxylic acids is 1. The van der Waals surface area contributed by atoms with E-state index in [0.29, 0.717) is 30.0 Å². The number of amides is 1. The summed E-state index contributed by atoms with van der Waals surface area (Å²) in [7, 11) is 3.21. The van der Waals surface area contributed by atoms with Crippen molar-refractivity contribution in [3.63, 3.8) is 0 Å². The minimum absolute atomic E-state index is 0.0700. The highest BCUT2D eigenvalue weighted by Crippen LogP contribution is 2.41. The lowest BCUT2D eigenvalue weighted by atomic mass is 9.87. The Morgan fingerprint density at radius 2 is 1.46 bits per heavy atom. The lowest BCUT2D eigenvalue weighted by molar-refractivity contribution is 0.0694. The molecule has 1 heterocycles. The molecule has 0 saturated heterocycles. The number of rotatable bonds is 5. The van der Waals surface area contributed by atoms with Crippen LogP contribution >= 0.6 is 0 Å². The van der Waals surface area contributed by atoms with Crippen molar-refractivity contribution in [2.45, 2.75) is 12.5 Å². The van der Waals surface area contributed by atoms with Crippen LogP contribution in [0.2, 0.25) is 0 Å². The SMILES string of the molecule is COc1cc2c(cc1OC)C(c1ccc(F)cc1)N(C(=O)c1ccc(-c3ccccc3)cc1)CC2. The molecular formula is C30H26FNO3. The van der Waals surface area contributed by atoms with Gasteiger partial charge in [-0.25, -0.2) is 4.39 Å². The summed E-state index contributed by atoms with van der Waals surface area (Å²) >= 11 is 0. The Kier molecular flexibility index (Phi) is 6.23. The summed E-state index contributed by atoms with van der Waals surface area (Å²) in [4.78, 5) is 15.6. The third-order valence-electron chi connectivity index (χ3n) is 6.56. The molecule has 1 aliphatic rings. The fourth-order valence-corrected chi connectivity index (χ4v) is 4.77. The summed E-state index contributed by atoms with van der Waals surface area (Å²) in [6.45, 7) is 0.532. The van der Waals surface area contributed by atoms with Crippen molar-refractivity contribution in [2.24, 2.45) is 0 Å². The molecule has 0 N–H and O–H groups in total. The molecule has 176 valence electrons. The maximum absolute atomic E-state index is 13.8. The molecule has 1 atom stereocenters. The van der Waals surface area contributed by atoms with Gasteiger partial charge in [-0.05, 0) is 70.6 Å². The molecule has 0 radical (unpaired) electrons. The predicted molar refractivity (Wildman–Crippen MR) is 134 cm³/mol. The van der Waals surface area contributed by atoms with Crippen LogP contribution in [0.25, 0.3) is 11.1 Å². The minimum atomic E-state index is -0.375. The van der Waals surface area contributed by atoms with Gasteiger partial charge in [0, 0.05) is 12.1 Å². The van der Waals surface area contributed by atoms with Crippen LogP contribution in [0.4, 0.5) is 4.39 Å². The fourth-order valence-electron chi connectivity index (χ4n) is 4.77. The third-order valence-corrected chi connectivity index (χ3v) is 6.56. The van der Waals surface area contributed by atoms with E-state index in [4.69, 9.17) is 9.47 Å². The molecular weight excluding hydrogens is 441 g/mol. The van der Waals surface area contributed by atoms with E-state index >= 15 is 0 Å². The molecule has 4 aromatic carbocycles. The normalized spacial score (nSPS) is 14.8. The Labute approximate surface area is 204 Å². The van der Waals surface area contributed by atoms with E-state index in [1.807, 2.05) is 71.6 Å². The standard InChI is InChI=1S/C30H26FNO3/c1-34-27-18-24-16-17-32(29(26(24)19-28(27)35-2)22-12-14-25(31)15-13-22)30(33)23-10-8-21(9-11-23)20-6-4-3-5-7-20/h3-15,18-19,29H,16-17H2,1-2H3. The third kappa shape index (κ3) is 4.37. The molecule has 5 heteroatoms. The van der Waals surface area contributed by atoms with Crippen molar-refractivity contribution >= 4 is 5.91 Å². The minimum Gasteiger partial charge on any atom is -0.493 e. The fraction of sp³-hybridized carbons (Fsp3) is 0.167. The van der Waals surface area contributed by atoms with Crippen molar-refractivity contribution < 1.29 is 18.7 Å². The molecule has 0 bridgehead atoms. The van der Waals surface area contributed by atoms with Gasteiger partial charge in [0.2, 0.25) is 0 Å².